The molecule has 2 N–H and O–H groups in total. The number of nitrogens with zero attached hydrogens (tertiary/aromatic N) is 3. The number of carbonyl (C=O) groups is 2. The lowest BCUT2D eigenvalue weighted by Crippen LogP contribution is -2.47. The molecule has 8 nitrogen and oxygen atoms in total. The molecule has 1 fully saturated rings. The standard InChI is InChI=1S/C19H24ClN5O3/c1-14-13-17(23-28-14)22-19(27)18(26)21-7-2-8-24-9-11-25(12-10-24)16-5-3-15(20)4-6-16/h3-6,13H,2,7-12H2,1H3,(H,21,26)(H,22,23,27). The summed E-state index contributed by atoms with van der Waals surface area (Å²) in [6.07, 6.45) is 0.781. The zero-order chi connectivity index (χ0) is 19.9. The Morgan fingerprint density at radius 3 is 2.50 bits per heavy atom. The molecule has 2 amide bonds. The molecule has 1 aliphatic heterocycles. The van der Waals surface area contributed by atoms with Gasteiger partial charge in [-0.1, -0.05) is 16.8 Å². The second kappa shape index (κ2) is 9.57. The summed E-state index contributed by atoms with van der Waals surface area (Å²) in [7, 11) is 0. The highest BCUT2D eigenvalue weighted by atomic mass is 35.5. The number of piperazine rings is 1. The molecule has 3 rings (SSSR count). The Morgan fingerprint density at radius 1 is 1.14 bits per heavy atom. The van der Waals surface area contributed by atoms with Crippen LogP contribution in [0.4, 0.5) is 11.5 Å². The molecular weight excluding hydrogens is 382 g/mol. The van der Waals surface area contributed by atoms with Crippen LogP contribution < -0.4 is 15.5 Å². The van der Waals surface area contributed by atoms with E-state index in [1.165, 1.54) is 5.69 Å². The van der Waals surface area contributed by atoms with E-state index in [2.05, 4.69) is 25.6 Å². The number of rotatable bonds is 6. The number of anilines is 2. The molecule has 0 radical (unpaired) electrons. The first-order valence-corrected chi connectivity index (χ1v) is 9.64. The van der Waals surface area contributed by atoms with Gasteiger partial charge in [-0.25, -0.2) is 0 Å². The van der Waals surface area contributed by atoms with Gasteiger partial charge < -0.3 is 14.7 Å². The minimum absolute atomic E-state index is 0.233. The van der Waals surface area contributed by atoms with Gasteiger partial charge in [-0.15, -0.1) is 0 Å². The van der Waals surface area contributed by atoms with Crippen molar-refractivity contribution in [1.29, 1.82) is 0 Å². The third-order valence-electron chi connectivity index (χ3n) is 4.58. The van der Waals surface area contributed by atoms with Crippen molar-refractivity contribution in [2.75, 3.05) is 49.5 Å². The number of nitrogens with one attached hydrogen (secondary N) is 2. The maximum absolute atomic E-state index is 11.8. The minimum Gasteiger partial charge on any atom is -0.369 e. The van der Waals surface area contributed by atoms with Gasteiger partial charge in [-0.05, 0) is 44.2 Å². The van der Waals surface area contributed by atoms with Gasteiger partial charge in [0.25, 0.3) is 0 Å². The summed E-state index contributed by atoms with van der Waals surface area (Å²) in [5.41, 5.74) is 1.18. The molecule has 1 saturated heterocycles. The van der Waals surface area contributed by atoms with Crippen LogP contribution in [0.15, 0.2) is 34.9 Å². The fourth-order valence-electron chi connectivity index (χ4n) is 3.06. The first-order chi connectivity index (χ1) is 13.5. The van der Waals surface area contributed by atoms with Crippen LogP contribution in [0.2, 0.25) is 5.02 Å². The van der Waals surface area contributed by atoms with Crippen molar-refractivity contribution >= 4 is 34.9 Å². The fraction of sp³-hybridized carbons (Fsp3) is 0.421. The van der Waals surface area contributed by atoms with E-state index in [0.29, 0.717) is 12.3 Å². The Hall–Kier alpha value is -2.58. The number of aryl methyl sites for hydroxylation is 1. The third kappa shape index (κ3) is 5.71. The van der Waals surface area contributed by atoms with Gasteiger partial charge in [0, 0.05) is 49.5 Å². The van der Waals surface area contributed by atoms with Gasteiger partial charge in [0.05, 0.1) is 0 Å². The van der Waals surface area contributed by atoms with Crippen LogP contribution in [-0.2, 0) is 9.59 Å². The molecule has 0 bridgehead atoms. The summed E-state index contributed by atoms with van der Waals surface area (Å²) in [4.78, 5) is 28.3. The summed E-state index contributed by atoms with van der Waals surface area (Å²) in [6, 6.07) is 9.45. The fourth-order valence-corrected chi connectivity index (χ4v) is 3.19. The van der Waals surface area contributed by atoms with Crippen molar-refractivity contribution in [1.82, 2.24) is 15.4 Å². The van der Waals surface area contributed by atoms with Crippen LogP contribution in [0.5, 0.6) is 0 Å². The largest absolute Gasteiger partial charge is 0.369 e. The van der Waals surface area contributed by atoms with Gasteiger partial charge in [0.2, 0.25) is 0 Å². The predicted octanol–water partition coefficient (Wildman–Crippen LogP) is 1.90. The van der Waals surface area contributed by atoms with Gasteiger partial charge in [0.1, 0.15) is 5.76 Å². The summed E-state index contributed by atoms with van der Waals surface area (Å²) < 4.78 is 4.84. The molecule has 2 heterocycles. The zero-order valence-corrected chi connectivity index (χ0v) is 16.5. The molecule has 9 heteroatoms. The normalized spacial score (nSPS) is 14.7. The summed E-state index contributed by atoms with van der Waals surface area (Å²) >= 11 is 5.94. The lowest BCUT2D eigenvalue weighted by molar-refractivity contribution is -0.136. The molecule has 0 spiro atoms. The van der Waals surface area contributed by atoms with Crippen LogP contribution in [-0.4, -0.2) is 61.1 Å². The average molecular weight is 406 g/mol. The molecule has 0 atom stereocenters. The lowest BCUT2D eigenvalue weighted by Gasteiger charge is -2.36. The SMILES string of the molecule is Cc1cc(NC(=O)C(=O)NCCCN2CCN(c3ccc(Cl)cc3)CC2)no1. The van der Waals surface area contributed by atoms with E-state index in [0.717, 1.165) is 44.2 Å². The second-order valence-corrected chi connectivity index (χ2v) is 7.13. The van der Waals surface area contributed by atoms with E-state index in [1.807, 2.05) is 24.3 Å². The van der Waals surface area contributed by atoms with E-state index >= 15 is 0 Å². The smallest absolute Gasteiger partial charge is 0.314 e. The maximum Gasteiger partial charge on any atom is 0.314 e. The number of halogens is 1. The highest BCUT2D eigenvalue weighted by Gasteiger charge is 2.18. The van der Waals surface area contributed by atoms with Gasteiger partial charge in [0.15, 0.2) is 5.82 Å². The maximum atomic E-state index is 11.8. The Bertz CT molecular complexity index is 800. The first kappa shape index (κ1) is 20.2. The molecule has 2 aromatic rings. The van der Waals surface area contributed by atoms with Crippen LogP contribution in [0.3, 0.4) is 0 Å². The van der Waals surface area contributed by atoms with Crippen LogP contribution in [0.25, 0.3) is 0 Å². The number of hydrogen-bond donors (Lipinski definition) is 2. The zero-order valence-electron chi connectivity index (χ0n) is 15.8. The minimum atomic E-state index is -0.745. The van der Waals surface area contributed by atoms with E-state index in [1.54, 1.807) is 13.0 Å². The molecule has 0 aliphatic carbocycles. The van der Waals surface area contributed by atoms with Crippen LogP contribution in [0.1, 0.15) is 12.2 Å². The van der Waals surface area contributed by atoms with Crippen LogP contribution in [0, 0.1) is 6.92 Å². The molecule has 1 aromatic carbocycles. The van der Waals surface area contributed by atoms with E-state index in [9.17, 15) is 9.59 Å². The monoisotopic (exact) mass is 405 g/mol. The number of aromatic nitrogens is 1. The average Bonchev–Trinajstić information content (AvgIpc) is 3.11. The molecule has 1 aliphatic rings. The first-order valence-electron chi connectivity index (χ1n) is 9.26. The van der Waals surface area contributed by atoms with E-state index < -0.39 is 11.8 Å². The molecule has 150 valence electrons. The highest BCUT2D eigenvalue weighted by molar-refractivity contribution is 6.39. The quantitative estimate of drug-likeness (QED) is 0.563. The summed E-state index contributed by atoms with van der Waals surface area (Å²) in [6.45, 7) is 6.85. The van der Waals surface area contributed by atoms with Gasteiger partial charge in [-0.3, -0.25) is 19.8 Å². The van der Waals surface area contributed by atoms with Crippen molar-refractivity contribution in [3.8, 4) is 0 Å². The Labute approximate surface area is 168 Å². The molecule has 1 aromatic heterocycles. The van der Waals surface area contributed by atoms with Crippen molar-refractivity contribution in [3.63, 3.8) is 0 Å². The van der Waals surface area contributed by atoms with Crippen molar-refractivity contribution < 1.29 is 14.1 Å². The molecular formula is C19H24ClN5O3. The Morgan fingerprint density at radius 2 is 1.86 bits per heavy atom. The summed E-state index contributed by atoms with van der Waals surface area (Å²) in [5, 5.41) is 9.40. The summed E-state index contributed by atoms with van der Waals surface area (Å²) in [5.74, 6) is -0.624. The lowest BCUT2D eigenvalue weighted by atomic mass is 10.2. The van der Waals surface area contributed by atoms with Gasteiger partial charge in [-0.2, -0.15) is 0 Å². The molecule has 28 heavy (non-hydrogen) atoms. The topological polar surface area (TPSA) is 90.7 Å². The van der Waals surface area contributed by atoms with Crippen molar-refractivity contribution in [2.45, 2.75) is 13.3 Å². The number of hydrogen-bond acceptors (Lipinski definition) is 6. The predicted molar refractivity (Wildman–Crippen MR) is 108 cm³/mol. The number of amides is 2. The Kier molecular flexibility index (Phi) is 6.89. The third-order valence-corrected chi connectivity index (χ3v) is 4.83. The van der Waals surface area contributed by atoms with Crippen LogP contribution >= 0.6 is 11.6 Å². The highest BCUT2D eigenvalue weighted by Crippen LogP contribution is 2.19. The Balaban J connectivity index is 1.31. The van der Waals surface area contributed by atoms with E-state index in [-0.39, 0.29) is 5.82 Å². The number of benzene rings is 1. The molecule has 0 unspecified atom stereocenters. The number of carbonyl (C=O) groups excluding carboxylic acids is 2. The van der Waals surface area contributed by atoms with Crippen molar-refractivity contribution in [3.05, 3.63) is 41.1 Å². The van der Waals surface area contributed by atoms with E-state index in [4.69, 9.17) is 16.1 Å². The second-order valence-electron chi connectivity index (χ2n) is 6.69. The van der Waals surface area contributed by atoms with Gasteiger partial charge >= 0.3 is 11.8 Å². The van der Waals surface area contributed by atoms with Crippen molar-refractivity contribution in [2.24, 2.45) is 0 Å². The molecule has 0 saturated carbocycles.